The van der Waals surface area contributed by atoms with Gasteiger partial charge in [-0.25, -0.2) is 4.98 Å². The number of nitrogens with zero attached hydrogens (tertiary/aromatic N) is 2. The first-order chi connectivity index (χ1) is 13.4. The van der Waals surface area contributed by atoms with Gasteiger partial charge in [-0.05, 0) is 44.0 Å². The molecule has 0 bridgehead atoms. The highest BCUT2D eigenvalue weighted by Crippen LogP contribution is 2.28. The average Bonchev–Trinajstić information content (AvgIpc) is 3.15. The molecule has 1 heterocycles. The zero-order valence-electron chi connectivity index (χ0n) is 15.8. The monoisotopic (exact) mass is 410 g/mol. The molecule has 0 amide bonds. The molecule has 0 saturated carbocycles. The van der Waals surface area contributed by atoms with Crippen molar-refractivity contribution in [3.63, 3.8) is 0 Å². The molecule has 0 aliphatic heterocycles. The molecule has 0 aliphatic rings. The van der Waals surface area contributed by atoms with Gasteiger partial charge in [-0.15, -0.1) is 11.3 Å². The van der Waals surface area contributed by atoms with Crippen LogP contribution >= 0.6 is 22.9 Å². The van der Waals surface area contributed by atoms with E-state index in [-0.39, 0.29) is 12.4 Å². The Labute approximate surface area is 173 Å². The van der Waals surface area contributed by atoms with Gasteiger partial charge in [0.2, 0.25) is 0 Å². The lowest BCUT2D eigenvalue weighted by molar-refractivity contribution is -0.121. The van der Waals surface area contributed by atoms with Crippen molar-refractivity contribution in [3.8, 4) is 23.1 Å². The summed E-state index contributed by atoms with van der Waals surface area (Å²) in [6.45, 7) is 5.58. The number of hydrogen-bond acceptors (Lipinski definition) is 5. The molecule has 0 N–H and O–H groups in total. The summed E-state index contributed by atoms with van der Waals surface area (Å²) in [5.74, 6) is -0.708. The van der Waals surface area contributed by atoms with E-state index in [4.69, 9.17) is 16.3 Å². The summed E-state index contributed by atoms with van der Waals surface area (Å²) in [5.41, 5.74) is 4.64. The quantitative estimate of drug-likeness (QED) is 0.527. The van der Waals surface area contributed by atoms with Gasteiger partial charge in [0, 0.05) is 16.0 Å². The standard InChI is InChI=1S/C22H19ClN2O2S/c1-13-4-6-16(7-5-13)19-12-28-22(25-19)18(10-24)20(26)11-27-17-8-14(2)21(23)15(3)9-17/h4-9,12,18H,11H2,1-3H3. The first-order valence-electron chi connectivity index (χ1n) is 8.73. The van der Waals surface area contributed by atoms with Gasteiger partial charge in [0.15, 0.2) is 11.7 Å². The molecule has 1 unspecified atom stereocenters. The van der Waals surface area contributed by atoms with E-state index in [2.05, 4.69) is 11.1 Å². The molecule has 1 aromatic heterocycles. The Balaban J connectivity index is 1.72. The van der Waals surface area contributed by atoms with Crippen molar-refractivity contribution < 1.29 is 9.53 Å². The fourth-order valence-electron chi connectivity index (χ4n) is 2.77. The number of halogens is 1. The van der Waals surface area contributed by atoms with Crippen LogP contribution in [-0.2, 0) is 4.79 Å². The summed E-state index contributed by atoms with van der Waals surface area (Å²) in [6, 6.07) is 13.6. The zero-order valence-corrected chi connectivity index (χ0v) is 17.4. The predicted octanol–water partition coefficient (Wildman–Crippen LogP) is 5.64. The van der Waals surface area contributed by atoms with E-state index in [1.807, 2.05) is 50.4 Å². The molecular formula is C22H19ClN2O2S. The molecule has 0 spiro atoms. The highest BCUT2D eigenvalue weighted by molar-refractivity contribution is 7.10. The lowest BCUT2D eigenvalue weighted by atomic mass is 10.1. The van der Waals surface area contributed by atoms with Crippen LogP contribution < -0.4 is 4.74 Å². The third-order valence-electron chi connectivity index (χ3n) is 4.36. The Morgan fingerprint density at radius 2 is 1.86 bits per heavy atom. The van der Waals surface area contributed by atoms with Crippen molar-refractivity contribution in [2.45, 2.75) is 26.7 Å². The van der Waals surface area contributed by atoms with Gasteiger partial charge in [-0.1, -0.05) is 41.4 Å². The highest BCUT2D eigenvalue weighted by atomic mass is 35.5. The van der Waals surface area contributed by atoms with Gasteiger partial charge < -0.3 is 4.74 Å². The number of ketones is 1. The minimum Gasteiger partial charge on any atom is -0.486 e. The number of carbonyl (C=O) groups excluding carboxylic acids is 1. The van der Waals surface area contributed by atoms with Crippen LogP contribution in [0.1, 0.15) is 27.6 Å². The summed E-state index contributed by atoms with van der Waals surface area (Å²) >= 11 is 7.46. The fourth-order valence-corrected chi connectivity index (χ4v) is 3.77. The molecule has 142 valence electrons. The number of thiazole rings is 1. The first-order valence-corrected chi connectivity index (χ1v) is 9.99. The van der Waals surface area contributed by atoms with Gasteiger partial charge >= 0.3 is 0 Å². The molecule has 0 saturated heterocycles. The second kappa shape index (κ2) is 8.55. The van der Waals surface area contributed by atoms with Crippen LogP contribution in [0.4, 0.5) is 0 Å². The number of benzene rings is 2. The second-order valence-electron chi connectivity index (χ2n) is 6.63. The summed E-state index contributed by atoms with van der Waals surface area (Å²) < 4.78 is 5.61. The van der Waals surface area contributed by atoms with E-state index in [9.17, 15) is 10.1 Å². The lowest BCUT2D eigenvalue weighted by Gasteiger charge is -2.10. The number of hydrogen-bond donors (Lipinski definition) is 0. The minimum atomic E-state index is -0.946. The molecule has 4 nitrogen and oxygen atoms in total. The van der Waals surface area contributed by atoms with Crippen molar-refractivity contribution in [3.05, 3.63) is 68.5 Å². The number of aryl methyl sites for hydroxylation is 3. The summed E-state index contributed by atoms with van der Waals surface area (Å²) in [7, 11) is 0. The van der Waals surface area contributed by atoms with Gasteiger partial charge in [-0.2, -0.15) is 5.26 Å². The highest BCUT2D eigenvalue weighted by Gasteiger charge is 2.24. The number of carbonyl (C=O) groups is 1. The van der Waals surface area contributed by atoms with Gasteiger partial charge in [0.1, 0.15) is 17.4 Å². The number of Topliss-reactive ketones (excluding diaryl/α,β-unsaturated/α-hetero) is 1. The molecule has 3 aromatic rings. The Morgan fingerprint density at radius 1 is 1.21 bits per heavy atom. The van der Waals surface area contributed by atoms with E-state index < -0.39 is 5.92 Å². The van der Waals surface area contributed by atoms with Crippen molar-refractivity contribution >= 4 is 28.7 Å². The Kier molecular flexibility index (Phi) is 6.13. The summed E-state index contributed by atoms with van der Waals surface area (Å²) in [4.78, 5) is 17.1. The maximum Gasteiger partial charge on any atom is 0.194 e. The van der Waals surface area contributed by atoms with E-state index in [1.165, 1.54) is 11.3 Å². The Morgan fingerprint density at radius 3 is 2.46 bits per heavy atom. The van der Waals surface area contributed by atoms with E-state index in [0.29, 0.717) is 15.8 Å². The van der Waals surface area contributed by atoms with E-state index in [1.54, 1.807) is 12.1 Å². The van der Waals surface area contributed by atoms with Crippen LogP contribution in [0.2, 0.25) is 5.02 Å². The van der Waals surface area contributed by atoms with Crippen molar-refractivity contribution in [1.82, 2.24) is 4.98 Å². The van der Waals surface area contributed by atoms with Crippen molar-refractivity contribution in [2.24, 2.45) is 0 Å². The van der Waals surface area contributed by atoms with Crippen LogP contribution in [0.15, 0.2) is 41.8 Å². The SMILES string of the molecule is Cc1ccc(-c2csc(C(C#N)C(=O)COc3cc(C)c(Cl)c(C)c3)n2)cc1. The van der Waals surface area contributed by atoms with Crippen molar-refractivity contribution in [1.29, 1.82) is 5.26 Å². The van der Waals surface area contributed by atoms with Crippen LogP contribution in [0.3, 0.4) is 0 Å². The van der Waals surface area contributed by atoms with Crippen molar-refractivity contribution in [2.75, 3.05) is 6.61 Å². The van der Waals surface area contributed by atoms with Gasteiger partial charge in [-0.3, -0.25) is 4.79 Å². The number of ether oxygens (including phenoxy) is 1. The first kappa shape index (κ1) is 20.1. The predicted molar refractivity (Wildman–Crippen MR) is 112 cm³/mol. The molecule has 3 rings (SSSR count). The van der Waals surface area contributed by atoms with E-state index in [0.717, 1.165) is 27.9 Å². The van der Waals surface area contributed by atoms with Crippen LogP contribution in [0.5, 0.6) is 5.75 Å². The normalized spacial score (nSPS) is 11.7. The minimum absolute atomic E-state index is 0.196. The number of rotatable bonds is 6. The third-order valence-corrected chi connectivity index (χ3v) is 5.86. The second-order valence-corrected chi connectivity index (χ2v) is 7.89. The molecular weight excluding hydrogens is 392 g/mol. The lowest BCUT2D eigenvalue weighted by Crippen LogP contribution is -2.19. The summed E-state index contributed by atoms with van der Waals surface area (Å²) in [6.07, 6.45) is 0. The molecule has 6 heteroatoms. The topological polar surface area (TPSA) is 63.0 Å². The molecule has 2 aromatic carbocycles. The smallest absolute Gasteiger partial charge is 0.194 e. The summed E-state index contributed by atoms with van der Waals surface area (Å²) in [5, 5.41) is 12.5. The van der Waals surface area contributed by atoms with Crippen LogP contribution in [0.25, 0.3) is 11.3 Å². The Bertz CT molecular complexity index is 1030. The fraction of sp³-hybridized carbons (Fsp3) is 0.227. The molecule has 0 radical (unpaired) electrons. The van der Waals surface area contributed by atoms with Gasteiger partial charge in [0.25, 0.3) is 0 Å². The molecule has 0 fully saturated rings. The molecule has 0 aliphatic carbocycles. The molecule has 28 heavy (non-hydrogen) atoms. The maximum absolute atomic E-state index is 12.6. The zero-order chi connectivity index (χ0) is 20.3. The number of aromatic nitrogens is 1. The average molecular weight is 411 g/mol. The largest absolute Gasteiger partial charge is 0.486 e. The Hall–Kier alpha value is -2.68. The maximum atomic E-state index is 12.6. The van der Waals surface area contributed by atoms with Gasteiger partial charge in [0.05, 0.1) is 11.8 Å². The van der Waals surface area contributed by atoms with E-state index >= 15 is 0 Å². The number of nitriles is 1. The molecule has 1 atom stereocenters. The van der Waals surface area contributed by atoms with Crippen LogP contribution in [0, 0.1) is 32.1 Å². The third kappa shape index (κ3) is 4.41. The van der Waals surface area contributed by atoms with Crippen LogP contribution in [-0.4, -0.2) is 17.4 Å².